The zero-order valence-corrected chi connectivity index (χ0v) is 22.1. The molecule has 2 heterocycles. The van der Waals surface area contributed by atoms with Gasteiger partial charge < -0.3 is 15.0 Å². The molecule has 0 unspecified atom stereocenters. The molecule has 0 saturated heterocycles. The lowest BCUT2D eigenvalue weighted by Crippen LogP contribution is -2.29. The summed E-state index contributed by atoms with van der Waals surface area (Å²) in [6.07, 6.45) is 5.40. The molecule has 2 aliphatic carbocycles. The number of imidazole rings is 1. The van der Waals surface area contributed by atoms with E-state index in [0.717, 1.165) is 24.4 Å². The van der Waals surface area contributed by atoms with Gasteiger partial charge in [0.25, 0.3) is 0 Å². The summed E-state index contributed by atoms with van der Waals surface area (Å²) in [6, 6.07) is 2.21. The summed E-state index contributed by atoms with van der Waals surface area (Å²) in [7, 11) is 0. The third-order valence-corrected chi connectivity index (χ3v) is 8.32. The number of alkyl halides is 3. The Morgan fingerprint density at radius 1 is 1.05 bits per heavy atom. The van der Waals surface area contributed by atoms with E-state index >= 15 is 0 Å². The summed E-state index contributed by atoms with van der Waals surface area (Å²) in [5.74, 6) is 1.03. The maximum atomic E-state index is 12.7. The summed E-state index contributed by atoms with van der Waals surface area (Å²) in [4.78, 5) is 26.0. The van der Waals surface area contributed by atoms with Gasteiger partial charge in [-0.3, -0.25) is 4.79 Å². The fourth-order valence-corrected chi connectivity index (χ4v) is 6.37. The minimum atomic E-state index is -4.86. The summed E-state index contributed by atoms with van der Waals surface area (Å²) >= 11 is 12.8. The molecule has 0 radical (unpaired) electrons. The molecule has 0 spiro atoms. The molecule has 12 heteroatoms. The summed E-state index contributed by atoms with van der Waals surface area (Å²) in [6.45, 7) is 0. The third kappa shape index (κ3) is 6.01. The largest absolute Gasteiger partial charge is 0.573 e. The quantitative estimate of drug-likeness (QED) is 0.347. The van der Waals surface area contributed by atoms with Crippen LogP contribution in [0, 0.1) is 11.8 Å². The van der Waals surface area contributed by atoms with E-state index in [0.29, 0.717) is 54.2 Å². The molecule has 3 aromatic rings. The number of primary amides is 1. The number of carbonyl (C=O) groups excluding carboxylic acids is 1. The first-order valence-corrected chi connectivity index (χ1v) is 13.6. The molecule has 5 rings (SSSR count). The minimum absolute atomic E-state index is 0.0187. The van der Waals surface area contributed by atoms with Crippen LogP contribution in [0.25, 0.3) is 11.2 Å². The molecule has 2 saturated carbocycles. The van der Waals surface area contributed by atoms with Gasteiger partial charge in [0.05, 0.1) is 6.20 Å². The molecule has 204 valence electrons. The Labute approximate surface area is 227 Å². The van der Waals surface area contributed by atoms with Gasteiger partial charge in [-0.25, -0.2) is 15.0 Å². The Kier molecular flexibility index (Phi) is 7.73. The summed E-state index contributed by atoms with van der Waals surface area (Å²) < 4.78 is 44.2. The van der Waals surface area contributed by atoms with Gasteiger partial charge in [-0.15, -0.1) is 13.2 Å². The number of carbonyl (C=O) groups is 1. The molecule has 1 amide bonds. The Morgan fingerprint density at radius 2 is 1.71 bits per heavy atom. The second-order valence-electron chi connectivity index (χ2n) is 10.2. The molecule has 0 aliphatic heterocycles. The Hall–Kier alpha value is -2.59. The van der Waals surface area contributed by atoms with Gasteiger partial charge in [0, 0.05) is 34.8 Å². The van der Waals surface area contributed by atoms with Crippen LogP contribution in [0.15, 0.2) is 18.3 Å². The van der Waals surface area contributed by atoms with E-state index in [9.17, 15) is 18.0 Å². The van der Waals surface area contributed by atoms with E-state index in [1.807, 2.05) is 0 Å². The highest BCUT2D eigenvalue weighted by atomic mass is 35.5. The first-order valence-electron chi connectivity index (χ1n) is 12.8. The van der Waals surface area contributed by atoms with Crippen molar-refractivity contribution in [1.82, 2.24) is 19.5 Å². The lowest BCUT2D eigenvalue weighted by molar-refractivity contribution is -0.274. The maximum Gasteiger partial charge on any atom is 0.573 e. The molecule has 2 aliphatic rings. The van der Waals surface area contributed by atoms with Crippen LogP contribution in [0.3, 0.4) is 0 Å². The standard InChI is InChI=1S/C26H28Cl2F3N5O2/c27-19-10-17(38-26(29,30)31)11-20(28)18(19)12-23-34-21-13-33-22(9-14-3-1-2-4-14)35-25(21)36(23)16-7-5-15(6-8-16)24(32)37/h10-11,13-16H,1-9,12H2,(H2,32,37). The molecule has 38 heavy (non-hydrogen) atoms. The highest BCUT2D eigenvalue weighted by Crippen LogP contribution is 2.38. The van der Waals surface area contributed by atoms with Crippen LogP contribution in [0.4, 0.5) is 13.2 Å². The molecule has 0 bridgehead atoms. The second kappa shape index (κ2) is 10.9. The van der Waals surface area contributed by atoms with Crippen LogP contribution in [-0.2, 0) is 17.6 Å². The van der Waals surface area contributed by atoms with Gasteiger partial charge >= 0.3 is 6.36 Å². The Bertz CT molecular complexity index is 1310. The van der Waals surface area contributed by atoms with Crippen LogP contribution in [-0.4, -0.2) is 31.8 Å². The number of halogens is 5. The second-order valence-corrected chi connectivity index (χ2v) is 11.1. The van der Waals surface area contributed by atoms with Crippen molar-refractivity contribution in [2.75, 3.05) is 0 Å². The van der Waals surface area contributed by atoms with Gasteiger partial charge in [-0.1, -0.05) is 48.9 Å². The van der Waals surface area contributed by atoms with Crippen LogP contribution < -0.4 is 10.5 Å². The number of aromatic nitrogens is 4. The minimum Gasteiger partial charge on any atom is -0.406 e. The number of ether oxygens (including phenoxy) is 1. The Morgan fingerprint density at radius 3 is 2.32 bits per heavy atom. The molecular weight excluding hydrogens is 542 g/mol. The van der Waals surface area contributed by atoms with E-state index in [-0.39, 0.29) is 34.3 Å². The van der Waals surface area contributed by atoms with E-state index in [1.165, 1.54) is 25.7 Å². The normalized spacial score (nSPS) is 20.8. The van der Waals surface area contributed by atoms with Crippen molar-refractivity contribution in [1.29, 1.82) is 0 Å². The molecule has 7 nitrogen and oxygen atoms in total. The fraction of sp³-hybridized carbons (Fsp3) is 0.538. The van der Waals surface area contributed by atoms with E-state index in [2.05, 4.69) is 14.3 Å². The van der Waals surface area contributed by atoms with Gasteiger partial charge in [0.15, 0.2) is 5.65 Å². The number of fused-ring (bicyclic) bond motifs is 1. The smallest absolute Gasteiger partial charge is 0.406 e. The molecule has 1 aromatic carbocycles. The molecule has 2 fully saturated rings. The van der Waals surface area contributed by atoms with Crippen LogP contribution in [0.2, 0.25) is 10.0 Å². The van der Waals surface area contributed by atoms with Gasteiger partial charge in [-0.2, -0.15) is 0 Å². The first kappa shape index (κ1) is 27.0. The number of nitrogens with two attached hydrogens (primary N) is 1. The van der Waals surface area contributed by atoms with E-state index in [1.54, 1.807) is 6.20 Å². The molecule has 2 aromatic heterocycles. The van der Waals surface area contributed by atoms with E-state index in [4.69, 9.17) is 38.9 Å². The average molecular weight is 570 g/mol. The number of amides is 1. The maximum absolute atomic E-state index is 12.7. The number of hydrogen-bond donors (Lipinski definition) is 1. The van der Waals surface area contributed by atoms with Crippen molar-refractivity contribution in [3.63, 3.8) is 0 Å². The Balaban J connectivity index is 1.51. The molecule has 2 N–H and O–H groups in total. The lowest BCUT2D eigenvalue weighted by atomic mass is 9.85. The number of benzene rings is 1. The van der Waals surface area contributed by atoms with Crippen LogP contribution >= 0.6 is 23.2 Å². The predicted octanol–water partition coefficient (Wildman–Crippen LogP) is 6.57. The predicted molar refractivity (Wildman–Crippen MR) is 137 cm³/mol. The SMILES string of the molecule is NC(=O)C1CCC(n2c(Cc3c(Cl)cc(OC(F)(F)F)cc3Cl)nc3cnc(CC4CCCC4)nc32)CC1. The monoisotopic (exact) mass is 569 g/mol. The fourth-order valence-electron chi connectivity index (χ4n) is 5.77. The van der Waals surface area contributed by atoms with Gasteiger partial charge in [0.2, 0.25) is 5.91 Å². The van der Waals surface area contributed by atoms with Crippen molar-refractivity contribution in [3.05, 3.63) is 45.6 Å². The average Bonchev–Trinajstić information content (AvgIpc) is 3.47. The van der Waals surface area contributed by atoms with E-state index < -0.39 is 12.1 Å². The van der Waals surface area contributed by atoms with Crippen molar-refractivity contribution < 1.29 is 22.7 Å². The number of nitrogens with zero attached hydrogens (tertiary/aromatic N) is 4. The summed E-state index contributed by atoms with van der Waals surface area (Å²) in [5, 5.41) is 0.0848. The molecular formula is C26H28Cl2F3N5O2. The zero-order valence-electron chi connectivity index (χ0n) is 20.6. The van der Waals surface area contributed by atoms with Crippen molar-refractivity contribution in [3.8, 4) is 5.75 Å². The lowest BCUT2D eigenvalue weighted by Gasteiger charge is -2.29. The van der Waals surface area contributed by atoms with Crippen molar-refractivity contribution in [2.24, 2.45) is 17.6 Å². The highest BCUT2D eigenvalue weighted by molar-refractivity contribution is 6.36. The highest BCUT2D eigenvalue weighted by Gasteiger charge is 2.32. The van der Waals surface area contributed by atoms with Crippen molar-refractivity contribution in [2.45, 2.75) is 76.6 Å². The zero-order chi connectivity index (χ0) is 27.0. The van der Waals surface area contributed by atoms with Crippen LogP contribution in [0.1, 0.15) is 74.6 Å². The number of rotatable bonds is 7. The number of hydrogen-bond acceptors (Lipinski definition) is 5. The topological polar surface area (TPSA) is 95.9 Å². The first-order chi connectivity index (χ1) is 18.1. The van der Waals surface area contributed by atoms with Gasteiger partial charge in [0.1, 0.15) is 22.9 Å². The van der Waals surface area contributed by atoms with Crippen LogP contribution in [0.5, 0.6) is 5.75 Å². The third-order valence-electron chi connectivity index (χ3n) is 7.65. The van der Waals surface area contributed by atoms with Crippen molar-refractivity contribution >= 4 is 40.3 Å². The summed E-state index contributed by atoms with van der Waals surface area (Å²) in [5.41, 5.74) is 7.31. The molecule has 0 atom stereocenters. The van der Waals surface area contributed by atoms with Gasteiger partial charge in [-0.05, 0) is 49.3 Å².